The highest BCUT2D eigenvalue weighted by molar-refractivity contribution is 7.46. The predicted molar refractivity (Wildman–Crippen MR) is 486 cm³/mol. The second-order valence-electron chi connectivity index (χ2n) is 33.2. The fourth-order valence-electron chi connectivity index (χ4n) is 13.3. The van der Waals surface area contributed by atoms with Gasteiger partial charge in [0.1, 0.15) is 46.2 Å². The molecular formula is C98H168NO20P2-. The molecule has 4 unspecified atom stereocenters. The van der Waals surface area contributed by atoms with Crippen molar-refractivity contribution in [3.8, 4) is 54.3 Å². The van der Waals surface area contributed by atoms with Gasteiger partial charge in [0, 0.05) is 37.7 Å². The van der Waals surface area contributed by atoms with E-state index in [-0.39, 0.29) is 114 Å². The molecule has 0 heterocycles. The minimum absolute atomic E-state index is 0.00393. The third-order valence-corrected chi connectivity index (χ3v) is 22.5. The number of Topliss-reactive ketones (excluding diaryl/α,β-unsaturated/α-hetero) is 1. The lowest BCUT2D eigenvalue weighted by molar-refractivity contribution is -0.870. The van der Waals surface area contributed by atoms with E-state index in [0.29, 0.717) is 30.3 Å². The Kier molecular flexibility index (Phi) is 79.0. The number of likely N-dealkylation sites (N-methyl/N-ethyl adjacent to an activating group) is 1. The number of hydrogen-bond donors (Lipinski definition) is 0. The van der Waals surface area contributed by atoms with Crippen LogP contribution >= 0.6 is 15.6 Å². The quantitative estimate of drug-likeness (QED) is 0.00857. The van der Waals surface area contributed by atoms with Crippen LogP contribution in [0.3, 0.4) is 0 Å². The Morgan fingerprint density at radius 2 is 0.628 bits per heavy atom. The van der Waals surface area contributed by atoms with E-state index in [2.05, 4.69) is 69.8 Å². The molecule has 0 radical (unpaired) electrons. The Labute approximate surface area is 735 Å². The van der Waals surface area contributed by atoms with Crippen LogP contribution in [0.4, 0.5) is 0 Å². The first-order valence-corrected chi connectivity index (χ1v) is 50.4. The molecule has 0 spiro atoms. The number of terminal acetylenes is 3. The van der Waals surface area contributed by atoms with Crippen LogP contribution in [0.25, 0.3) is 0 Å². The molecule has 0 bridgehead atoms. The number of hydrogen-bond acceptors (Lipinski definition) is 20. The van der Waals surface area contributed by atoms with Crippen molar-refractivity contribution in [2.75, 3.05) is 87.1 Å². The van der Waals surface area contributed by atoms with Crippen molar-refractivity contribution in [2.24, 2.45) is 0 Å². The summed E-state index contributed by atoms with van der Waals surface area (Å²) in [7, 11) is -3.77. The summed E-state index contributed by atoms with van der Waals surface area (Å²) >= 11 is 0. The van der Waals surface area contributed by atoms with Crippen LogP contribution in [-0.2, 0) is 65.4 Å². The topological polar surface area (TPSA) is 267 Å². The van der Waals surface area contributed by atoms with Crippen LogP contribution in [0.5, 0.6) is 17.2 Å². The molecule has 4 atom stereocenters. The number of nitrogens with zero attached hydrogens (tertiary/aromatic N) is 1. The molecule has 0 aliphatic heterocycles. The molecule has 0 aliphatic rings. The van der Waals surface area contributed by atoms with Crippen LogP contribution in [0, 0.1) is 37.0 Å². The number of quaternary nitrogens is 1. The van der Waals surface area contributed by atoms with E-state index in [4.69, 9.17) is 70.5 Å². The van der Waals surface area contributed by atoms with E-state index < -0.39 is 64.8 Å². The number of ether oxygens (including phenoxy) is 7. The largest absolute Gasteiger partial charge is 0.756 e. The summed E-state index contributed by atoms with van der Waals surface area (Å²) in [4.78, 5) is 89.0. The number of unbranched alkanes of at least 4 members (excludes halogenated alkanes) is 46. The molecule has 0 fully saturated rings. The lowest BCUT2D eigenvalue weighted by Gasteiger charge is -2.28. The highest BCUT2D eigenvalue weighted by Gasteiger charge is 2.25. The molecule has 21 nitrogen and oxygen atoms in total. The van der Waals surface area contributed by atoms with Gasteiger partial charge in [-0.05, 0) is 95.6 Å². The van der Waals surface area contributed by atoms with E-state index in [1.54, 1.807) is 0 Å². The zero-order valence-corrected chi connectivity index (χ0v) is 78.7. The summed E-state index contributed by atoms with van der Waals surface area (Å²) in [5.41, 5.74) is 0.165. The Morgan fingerprint density at radius 1 is 0.355 bits per heavy atom. The van der Waals surface area contributed by atoms with Crippen molar-refractivity contribution < 1.29 is 98.6 Å². The summed E-state index contributed by atoms with van der Waals surface area (Å²) in [6.45, 7) is 6.94. The fraction of sp³-hybridized carbons (Fsp3) is 0.786. The molecule has 0 saturated heterocycles. The SMILES string of the molecule is C#CCOc1cc(C(=O)CCCOP(=O)([O-])OCC(COC(=O)CCCCCCCCCCCCCCC)OC(=O)CCCCCCC/C=C\CCCCCCCC)cc(OCC#C)c1OCC#C.CCCCCCCC/C=C\CCCCCCCC(=O)OC(COC(=O)CCCCCCCCCCCCCCC)COP(=O)([O-])OCC[N+](C)(C)C. The predicted octanol–water partition coefficient (Wildman–Crippen LogP) is 24.3. The molecule has 23 heteroatoms. The molecule has 1 rings (SSSR count). The summed E-state index contributed by atoms with van der Waals surface area (Å²) in [6.07, 6.45) is 84.8. The second-order valence-corrected chi connectivity index (χ2v) is 36.0. The third kappa shape index (κ3) is 77.8. The first-order chi connectivity index (χ1) is 58.6. The lowest BCUT2D eigenvalue weighted by atomic mass is 10.0. The average molecular weight is 1740 g/mol. The molecule has 0 saturated carbocycles. The number of carbonyl (C=O) groups excluding carboxylic acids is 5. The second kappa shape index (κ2) is 82.8. The first kappa shape index (κ1) is 116. The molecule has 1 aromatic carbocycles. The summed E-state index contributed by atoms with van der Waals surface area (Å²) < 4.78 is 84.6. The number of benzene rings is 1. The number of phosphoric ester groups is 2. The van der Waals surface area contributed by atoms with Crippen LogP contribution < -0.4 is 24.0 Å². The molecule has 0 aromatic heterocycles. The summed E-state index contributed by atoms with van der Waals surface area (Å²) in [6, 6.07) is 2.84. The van der Waals surface area contributed by atoms with Gasteiger partial charge in [0.2, 0.25) is 5.75 Å². The molecular weight excluding hydrogens is 1570 g/mol. The van der Waals surface area contributed by atoms with Crippen molar-refractivity contribution >= 4 is 45.3 Å². The van der Waals surface area contributed by atoms with Crippen LogP contribution in [0.2, 0.25) is 0 Å². The average Bonchev–Trinajstić information content (AvgIpc) is 0.814. The van der Waals surface area contributed by atoms with Gasteiger partial charge in [0.25, 0.3) is 15.6 Å². The van der Waals surface area contributed by atoms with Gasteiger partial charge in [-0.25, -0.2) is 0 Å². The van der Waals surface area contributed by atoms with Gasteiger partial charge in [-0.15, -0.1) is 19.3 Å². The zero-order chi connectivity index (χ0) is 89.1. The number of carbonyl (C=O) groups is 5. The maximum atomic E-state index is 13.2. The minimum Gasteiger partial charge on any atom is -0.756 e. The smallest absolute Gasteiger partial charge is 0.306 e. The van der Waals surface area contributed by atoms with Crippen molar-refractivity contribution in [3.63, 3.8) is 0 Å². The molecule has 121 heavy (non-hydrogen) atoms. The van der Waals surface area contributed by atoms with E-state index in [9.17, 15) is 42.9 Å². The normalized spacial score (nSPS) is 12.9. The van der Waals surface area contributed by atoms with Gasteiger partial charge in [-0.1, -0.05) is 327 Å². The number of ketones is 1. The maximum absolute atomic E-state index is 13.2. The number of rotatable bonds is 86. The number of esters is 4. The highest BCUT2D eigenvalue weighted by Crippen LogP contribution is 2.42. The third-order valence-electron chi connectivity index (χ3n) is 20.6. The van der Waals surface area contributed by atoms with Crippen molar-refractivity contribution in [2.45, 2.75) is 412 Å². The van der Waals surface area contributed by atoms with Gasteiger partial charge in [-0.3, -0.25) is 33.1 Å². The van der Waals surface area contributed by atoms with Crippen molar-refractivity contribution in [1.29, 1.82) is 0 Å². The molecule has 0 amide bonds. The monoisotopic (exact) mass is 1740 g/mol. The van der Waals surface area contributed by atoms with Crippen molar-refractivity contribution in [1.82, 2.24) is 0 Å². The maximum Gasteiger partial charge on any atom is 0.306 e. The Morgan fingerprint density at radius 3 is 0.926 bits per heavy atom. The van der Waals surface area contributed by atoms with Gasteiger partial charge in [0.05, 0.1) is 41.0 Å². The minimum atomic E-state index is -4.93. The van der Waals surface area contributed by atoms with Crippen LogP contribution in [-0.4, -0.2) is 134 Å². The Hall–Kier alpha value is -5.49. The van der Waals surface area contributed by atoms with E-state index in [0.717, 1.165) is 109 Å². The molecule has 0 aliphatic carbocycles. The van der Waals surface area contributed by atoms with E-state index in [1.165, 1.54) is 218 Å². The Bertz CT molecular complexity index is 2960. The van der Waals surface area contributed by atoms with Gasteiger partial charge < -0.3 is 65.5 Å². The zero-order valence-electron chi connectivity index (χ0n) is 76.9. The summed E-state index contributed by atoms with van der Waals surface area (Å²) in [5.74, 6) is 5.17. The summed E-state index contributed by atoms with van der Waals surface area (Å²) in [5, 5.41) is 0. The van der Waals surface area contributed by atoms with Gasteiger partial charge in [-0.2, -0.15) is 0 Å². The van der Waals surface area contributed by atoms with Crippen LogP contribution in [0.1, 0.15) is 410 Å². The number of phosphoric acid groups is 2. The van der Waals surface area contributed by atoms with Crippen molar-refractivity contribution in [3.05, 3.63) is 42.0 Å². The fourth-order valence-corrected chi connectivity index (χ4v) is 14.8. The molecule has 0 N–H and O–H groups in total. The van der Waals surface area contributed by atoms with Gasteiger partial charge in [0.15, 0.2) is 29.5 Å². The molecule has 1 aromatic rings. The Balaban J connectivity index is 0.00000248. The van der Waals surface area contributed by atoms with Crippen LogP contribution in [0.15, 0.2) is 36.4 Å². The van der Waals surface area contributed by atoms with E-state index >= 15 is 0 Å². The molecule has 696 valence electrons. The highest BCUT2D eigenvalue weighted by atomic mass is 31.2. The standard InChI is InChI=1S/C56H87O12P.C42H82NO8P/c1-6-11-13-15-17-19-21-23-24-26-28-30-32-34-36-40-55(59)68-50(47-65-54(58)39-35-33-31-29-27-25-22-20-18-16-14-12-7-2)48-67-69(60,61)66-44-37-38-51(57)49-45-52(62-41-8-3)56(64-43-10-5)53(46-49)63-42-9-4;1-6-8-10-12-14-16-18-20-21-23-25-27-29-31-33-35-42(45)51-40(39-50-52(46,47)49-37-36-43(3,4)5)38-48-41(44)34-32-30-28-26-24-22-19-17-15-13-11-9-7-2/h3-5,23-24,45-46,50H,6-7,11-22,25-44,47-48H2,1-2H3,(H,60,61);20-21,40H,6-19,22-39H2,1-5H3/p-1/b24-23-;21-20-. The van der Waals surface area contributed by atoms with E-state index in [1.807, 2.05) is 21.1 Å². The first-order valence-electron chi connectivity index (χ1n) is 47.5. The lowest BCUT2D eigenvalue weighted by Crippen LogP contribution is -2.37. The van der Waals surface area contributed by atoms with Gasteiger partial charge >= 0.3 is 23.9 Å². The number of allylic oxidation sites excluding steroid dienone is 4.